The molecule has 0 aliphatic rings. The fourth-order valence-corrected chi connectivity index (χ4v) is 5.45. The van der Waals surface area contributed by atoms with Gasteiger partial charge in [-0.3, -0.25) is 0 Å². The number of benzene rings is 2. The lowest BCUT2D eigenvalue weighted by Gasteiger charge is -2.26. The zero-order valence-electron chi connectivity index (χ0n) is 11.5. The molecular weight excluding hydrogens is 337 g/mol. The highest BCUT2D eigenvalue weighted by Crippen LogP contribution is 2.12. The largest absolute Gasteiger partial charge is 0.423 e. The standard InChI is InChI=1S/C15H13Cl2N3OSi/c16-12-1-5-14(6-2-12)22(21,11-20-9-18-19-10-20)15-7-3-13(17)4-8-15/h1-10,21H,11H2. The number of hydrogen-bond acceptors (Lipinski definition) is 3. The number of hydrogen-bond donors (Lipinski definition) is 1. The molecule has 0 bridgehead atoms. The van der Waals surface area contributed by atoms with Gasteiger partial charge in [-0.05, 0) is 34.6 Å². The van der Waals surface area contributed by atoms with Crippen molar-refractivity contribution in [3.05, 3.63) is 71.2 Å². The van der Waals surface area contributed by atoms with Crippen LogP contribution >= 0.6 is 23.2 Å². The highest BCUT2D eigenvalue weighted by molar-refractivity contribution is 6.95. The Kier molecular flexibility index (Phi) is 4.31. The van der Waals surface area contributed by atoms with Crippen LogP contribution in [0.2, 0.25) is 10.0 Å². The highest BCUT2D eigenvalue weighted by Gasteiger charge is 2.36. The SMILES string of the molecule is O[Si](Cn1cnnc1)(c1ccc(Cl)cc1)c1ccc(Cl)cc1. The zero-order valence-corrected chi connectivity index (χ0v) is 14.0. The van der Waals surface area contributed by atoms with Crippen LogP contribution in [-0.2, 0) is 6.17 Å². The molecule has 22 heavy (non-hydrogen) atoms. The Labute approximate surface area is 139 Å². The predicted molar refractivity (Wildman–Crippen MR) is 90.2 cm³/mol. The Hall–Kier alpha value is -1.66. The molecule has 4 nitrogen and oxygen atoms in total. The van der Waals surface area contributed by atoms with Crippen molar-refractivity contribution in [3.63, 3.8) is 0 Å². The quantitative estimate of drug-likeness (QED) is 0.731. The Morgan fingerprint density at radius 1 is 0.818 bits per heavy atom. The summed E-state index contributed by atoms with van der Waals surface area (Å²) in [6, 6.07) is 14.6. The van der Waals surface area contributed by atoms with E-state index in [0.29, 0.717) is 16.2 Å². The molecule has 1 aromatic heterocycles. The first-order valence-corrected chi connectivity index (χ1v) is 9.56. The Balaban J connectivity index is 2.08. The molecule has 112 valence electrons. The lowest BCUT2D eigenvalue weighted by Crippen LogP contribution is -2.61. The summed E-state index contributed by atoms with van der Waals surface area (Å²) in [5.41, 5.74) is 0. The second-order valence-electron chi connectivity index (χ2n) is 5.01. The number of halogens is 2. The van der Waals surface area contributed by atoms with E-state index in [1.807, 2.05) is 24.3 Å². The maximum atomic E-state index is 11.5. The number of rotatable bonds is 4. The van der Waals surface area contributed by atoms with Gasteiger partial charge >= 0.3 is 0 Å². The normalized spacial score (nSPS) is 11.6. The van der Waals surface area contributed by atoms with Gasteiger partial charge in [0.15, 0.2) is 0 Å². The van der Waals surface area contributed by atoms with Gasteiger partial charge in [0.05, 0.1) is 6.17 Å². The zero-order chi connectivity index (χ0) is 15.6. The second-order valence-corrected chi connectivity index (χ2v) is 9.07. The minimum absolute atomic E-state index is 0.420. The van der Waals surface area contributed by atoms with Gasteiger partial charge in [-0.2, -0.15) is 0 Å². The van der Waals surface area contributed by atoms with E-state index < -0.39 is 8.32 Å². The van der Waals surface area contributed by atoms with E-state index in [0.717, 1.165) is 10.4 Å². The van der Waals surface area contributed by atoms with Crippen LogP contribution in [0.25, 0.3) is 0 Å². The molecule has 0 atom stereocenters. The monoisotopic (exact) mass is 349 g/mol. The lowest BCUT2D eigenvalue weighted by molar-refractivity contribution is 0.546. The van der Waals surface area contributed by atoms with Crippen LogP contribution in [0, 0.1) is 0 Å². The third-order valence-electron chi connectivity index (χ3n) is 3.52. The molecule has 0 unspecified atom stereocenters. The highest BCUT2D eigenvalue weighted by atomic mass is 35.5. The van der Waals surface area contributed by atoms with Gasteiger partial charge in [-0.25, -0.2) is 0 Å². The van der Waals surface area contributed by atoms with E-state index in [1.54, 1.807) is 41.5 Å². The summed E-state index contributed by atoms with van der Waals surface area (Å²) < 4.78 is 1.79. The van der Waals surface area contributed by atoms with Crippen LogP contribution < -0.4 is 10.4 Å². The minimum Gasteiger partial charge on any atom is -0.423 e. The maximum absolute atomic E-state index is 11.5. The van der Waals surface area contributed by atoms with Crippen molar-refractivity contribution in [1.29, 1.82) is 0 Å². The molecule has 0 fully saturated rings. The van der Waals surface area contributed by atoms with Crippen molar-refractivity contribution < 1.29 is 4.80 Å². The van der Waals surface area contributed by atoms with Crippen molar-refractivity contribution in [2.45, 2.75) is 6.17 Å². The summed E-state index contributed by atoms with van der Waals surface area (Å²) in [5.74, 6) is 0. The third-order valence-corrected chi connectivity index (χ3v) is 7.43. The first-order chi connectivity index (χ1) is 10.6. The van der Waals surface area contributed by atoms with E-state index in [-0.39, 0.29) is 0 Å². The molecule has 0 amide bonds. The van der Waals surface area contributed by atoms with E-state index >= 15 is 0 Å². The van der Waals surface area contributed by atoms with E-state index in [2.05, 4.69) is 10.2 Å². The minimum atomic E-state index is -2.99. The van der Waals surface area contributed by atoms with Crippen LogP contribution in [-0.4, -0.2) is 27.9 Å². The topological polar surface area (TPSA) is 50.9 Å². The van der Waals surface area contributed by atoms with E-state index in [9.17, 15) is 4.80 Å². The Morgan fingerprint density at radius 3 is 1.64 bits per heavy atom. The van der Waals surface area contributed by atoms with Crippen molar-refractivity contribution in [1.82, 2.24) is 14.8 Å². The summed E-state index contributed by atoms with van der Waals surface area (Å²) in [6.45, 7) is 0. The number of aromatic nitrogens is 3. The first-order valence-electron chi connectivity index (χ1n) is 6.65. The van der Waals surface area contributed by atoms with Gasteiger partial charge in [0, 0.05) is 10.0 Å². The molecule has 3 rings (SSSR count). The summed E-state index contributed by atoms with van der Waals surface area (Å²) >= 11 is 11.9. The van der Waals surface area contributed by atoms with Gasteiger partial charge in [0.1, 0.15) is 12.7 Å². The van der Waals surface area contributed by atoms with Crippen molar-refractivity contribution >= 4 is 41.9 Å². The van der Waals surface area contributed by atoms with Crippen molar-refractivity contribution in [2.75, 3.05) is 0 Å². The van der Waals surface area contributed by atoms with Gasteiger partial charge in [0.25, 0.3) is 8.32 Å². The van der Waals surface area contributed by atoms with Crippen LogP contribution in [0.15, 0.2) is 61.2 Å². The summed E-state index contributed by atoms with van der Waals surface area (Å²) in [4.78, 5) is 11.5. The molecule has 7 heteroatoms. The van der Waals surface area contributed by atoms with Crippen LogP contribution in [0.4, 0.5) is 0 Å². The van der Waals surface area contributed by atoms with Crippen LogP contribution in [0.5, 0.6) is 0 Å². The van der Waals surface area contributed by atoms with E-state index in [1.165, 1.54) is 0 Å². The molecule has 0 saturated carbocycles. The van der Waals surface area contributed by atoms with Crippen molar-refractivity contribution in [3.8, 4) is 0 Å². The van der Waals surface area contributed by atoms with Crippen LogP contribution in [0.3, 0.4) is 0 Å². The fraction of sp³-hybridized carbons (Fsp3) is 0.0667. The molecule has 0 saturated heterocycles. The molecule has 3 aromatic rings. The average Bonchev–Trinajstić information content (AvgIpc) is 3.01. The summed E-state index contributed by atoms with van der Waals surface area (Å²) in [5, 5.41) is 10.6. The first kappa shape index (κ1) is 15.2. The van der Waals surface area contributed by atoms with Crippen molar-refractivity contribution in [2.24, 2.45) is 0 Å². The smallest absolute Gasteiger partial charge is 0.272 e. The Morgan fingerprint density at radius 2 is 1.23 bits per heavy atom. The summed E-state index contributed by atoms with van der Waals surface area (Å²) in [6.07, 6.45) is 3.62. The molecule has 0 spiro atoms. The van der Waals surface area contributed by atoms with Gasteiger partial charge < -0.3 is 9.36 Å². The van der Waals surface area contributed by atoms with Gasteiger partial charge in [0.2, 0.25) is 0 Å². The molecule has 1 N–H and O–H groups in total. The lowest BCUT2D eigenvalue weighted by atomic mass is 10.4. The Bertz CT molecular complexity index is 700. The molecule has 0 radical (unpaired) electrons. The molecule has 0 aliphatic heterocycles. The predicted octanol–water partition coefficient (Wildman–Crippen LogP) is 1.88. The average molecular weight is 350 g/mol. The molecule has 0 aliphatic carbocycles. The molecule has 2 aromatic carbocycles. The third kappa shape index (κ3) is 3.07. The maximum Gasteiger partial charge on any atom is 0.272 e. The van der Waals surface area contributed by atoms with Gasteiger partial charge in [-0.1, -0.05) is 47.5 Å². The van der Waals surface area contributed by atoms with E-state index in [4.69, 9.17) is 23.2 Å². The van der Waals surface area contributed by atoms with Gasteiger partial charge in [-0.15, -0.1) is 10.2 Å². The fourth-order valence-electron chi connectivity index (χ4n) is 2.37. The molecule has 1 heterocycles. The number of nitrogens with zero attached hydrogens (tertiary/aromatic N) is 3. The summed E-state index contributed by atoms with van der Waals surface area (Å²) in [7, 11) is -2.99. The molecular formula is C15H13Cl2N3OSi. The second kappa shape index (κ2) is 6.22. The van der Waals surface area contributed by atoms with Crippen LogP contribution in [0.1, 0.15) is 0 Å².